The van der Waals surface area contributed by atoms with Crippen LogP contribution in [0.1, 0.15) is 37.0 Å². The van der Waals surface area contributed by atoms with Gasteiger partial charge in [-0.05, 0) is 39.7 Å². The Morgan fingerprint density at radius 2 is 2.22 bits per heavy atom. The van der Waals surface area contributed by atoms with Crippen LogP contribution < -0.4 is 0 Å². The standard InChI is InChI=1S/C16H23N5O2/c1-4-23-13-6-5-7-20(10-13)15(22)9-14-18-16-17-11(2)8-12(3)21(16)19-14/h8,13H,4-7,9-10H2,1-3H3/t13-/m0/s1. The number of aryl methyl sites for hydroxylation is 2. The van der Waals surface area contributed by atoms with Crippen LogP contribution in [0.25, 0.3) is 5.78 Å². The van der Waals surface area contributed by atoms with Gasteiger partial charge in [0.2, 0.25) is 5.91 Å². The van der Waals surface area contributed by atoms with Crippen molar-refractivity contribution in [2.24, 2.45) is 0 Å². The van der Waals surface area contributed by atoms with Gasteiger partial charge in [0.05, 0.1) is 12.5 Å². The van der Waals surface area contributed by atoms with Crippen LogP contribution in [0, 0.1) is 13.8 Å². The Balaban J connectivity index is 1.71. The molecule has 0 aliphatic carbocycles. The molecule has 0 radical (unpaired) electrons. The van der Waals surface area contributed by atoms with E-state index >= 15 is 0 Å². The Hall–Kier alpha value is -2.02. The first-order chi connectivity index (χ1) is 11.1. The number of carbonyl (C=O) groups is 1. The number of carbonyl (C=O) groups excluding carboxylic acids is 1. The highest BCUT2D eigenvalue weighted by Crippen LogP contribution is 2.14. The third-order valence-electron chi connectivity index (χ3n) is 4.10. The van der Waals surface area contributed by atoms with Gasteiger partial charge in [0.1, 0.15) is 0 Å². The van der Waals surface area contributed by atoms with E-state index in [0.29, 0.717) is 24.8 Å². The summed E-state index contributed by atoms with van der Waals surface area (Å²) >= 11 is 0. The van der Waals surface area contributed by atoms with E-state index in [-0.39, 0.29) is 18.4 Å². The van der Waals surface area contributed by atoms with E-state index in [1.165, 1.54) is 0 Å². The summed E-state index contributed by atoms with van der Waals surface area (Å²) in [6.45, 7) is 8.00. The molecular weight excluding hydrogens is 294 g/mol. The van der Waals surface area contributed by atoms with Crippen LogP contribution in [-0.4, -0.2) is 56.2 Å². The number of nitrogens with zero attached hydrogens (tertiary/aromatic N) is 5. The maximum atomic E-state index is 12.5. The van der Waals surface area contributed by atoms with Gasteiger partial charge < -0.3 is 9.64 Å². The van der Waals surface area contributed by atoms with Crippen molar-refractivity contribution in [1.82, 2.24) is 24.5 Å². The molecule has 1 fully saturated rings. The number of amides is 1. The second-order valence-electron chi connectivity index (χ2n) is 6.01. The molecule has 0 bridgehead atoms. The van der Waals surface area contributed by atoms with Crippen molar-refractivity contribution in [3.8, 4) is 0 Å². The van der Waals surface area contributed by atoms with Gasteiger partial charge in [-0.2, -0.15) is 4.98 Å². The molecule has 0 spiro atoms. The quantitative estimate of drug-likeness (QED) is 0.850. The summed E-state index contributed by atoms with van der Waals surface area (Å²) in [4.78, 5) is 23.1. The highest BCUT2D eigenvalue weighted by molar-refractivity contribution is 5.78. The maximum absolute atomic E-state index is 12.5. The van der Waals surface area contributed by atoms with Gasteiger partial charge in [-0.1, -0.05) is 0 Å². The summed E-state index contributed by atoms with van der Waals surface area (Å²) < 4.78 is 7.34. The van der Waals surface area contributed by atoms with Crippen molar-refractivity contribution >= 4 is 11.7 Å². The smallest absolute Gasteiger partial charge is 0.252 e. The maximum Gasteiger partial charge on any atom is 0.252 e. The normalized spacial score (nSPS) is 18.6. The van der Waals surface area contributed by atoms with E-state index in [0.717, 1.165) is 30.8 Å². The monoisotopic (exact) mass is 317 g/mol. The van der Waals surface area contributed by atoms with Crippen LogP contribution in [0.5, 0.6) is 0 Å². The predicted octanol–water partition coefficient (Wildman–Crippen LogP) is 1.31. The van der Waals surface area contributed by atoms with Crippen LogP contribution in [0.4, 0.5) is 0 Å². The number of likely N-dealkylation sites (tertiary alicyclic amines) is 1. The van der Waals surface area contributed by atoms with Gasteiger partial charge >= 0.3 is 0 Å². The zero-order chi connectivity index (χ0) is 16.4. The summed E-state index contributed by atoms with van der Waals surface area (Å²) in [5.41, 5.74) is 1.86. The largest absolute Gasteiger partial charge is 0.377 e. The molecule has 1 saturated heterocycles. The van der Waals surface area contributed by atoms with Crippen molar-refractivity contribution < 1.29 is 9.53 Å². The van der Waals surface area contributed by atoms with Gasteiger partial charge in [0.25, 0.3) is 5.78 Å². The molecule has 3 rings (SSSR count). The highest BCUT2D eigenvalue weighted by atomic mass is 16.5. The highest BCUT2D eigenvalue weighted by Gasteiger charge is 2.25. The lowest BCUT2D eigenvalue weighted by Crippen LogP contribution is -2.44. The molecule has 7 heteroatoms. The fourth-order valence-corrected chi connectivity index (χ4v) is 3.07. The molecule has 2 aromatic heterocycles. The van der Waals surface area contributed by atoms with E-state index in [1.807, 2.05) is 31.7 Å². The number of aromatic nitrogens is 4. The first kappa shape index (κ1) is 15.9. The van der Waals surface area contributed by atoms with Crippen molar-refractivity contribution in [1.29, 1.82) is 0 Å². The number of hydrogen-bond acceptors (Lipinski definition) is 5. The lowest BCUT2D eigenvalue weighted by atomic mass is 10.1. The average Bonchev–Trinajstić information content (AvgIpc) is 2.90. The zero-order valence-corrected chi connectivity index (χ0v) is 13.9. The van der Waals surface area contributed by atoms with E-state index < -0.39 is 0 Å². The molecule has 124 valence electrons. The Labute approximate surface area is 135 Å². The number of piperidine rings is 1. The van der Waals surface area contributed by atoms with Crippen molar-refractivity contribution in [2.45, 2.75) is 46.1 Å². The third-order valence-corrected chi connectivity index (χ3v) is 4.10. The Kier molecular flexibility index (Phi) is 4.56. The Bertz CT molecular complexity index is 710. The van der Waals surface area contributed by atoms with Gasteiger partial charge in [-0.15, -0.1) is 5.10 Å². The van der Waals surface area contributed by atoms with Crippen molar-refractivity contribution in [3.63, 3.8) is 0 Å². The van der Waals surface area contributed by atoms with E-state index in [1.54, 1.807) is 4.52 Å². The predicted molar refractivity (Wildman–Crippen MR) is 85.2 cm³/mol. The molecule has 1 amide bonds. The molecule has 1 aliphatic rings. The summed E-state index contributed by atoms with van der Waals surface area (Å²) in [7, 11) is 0. The van der Waals surface area contributed by atoms with Gasteiger partial charge in [0, 0.05) is 31.1 Å². The first-order valence-corrected chi connectivity index (χ1v) is 8.16. The lowest BCUT2D eigenvalue weighted by molar-refractivity contribution is -0.134. The van der Waals surface area contributed by atoms with Crippen LogP contribution in [0.15, 0.2) is 6.07 Å². The third kappa shape index (κ3) is 3.50. The average molecular weight is 317 g/mol. The van der Waals surface area contributed by atoms with Crippen LogP contribution >= 0.6 is 0 Å². The van der Waals surface area contributed by atoms with Crippen molar-refractivity contribution in [3.05, 3.63) is 23.3 Å². The van der Waals surface area contributed by atoms with Crippen LogP contribution in [0.2, 0.25) is 0 Å². The second kappa shape index (κ2) is 6.62. The fraction of sp³-hybridized carbons (Fsp3) is 0.625. The fourth-order valence-electron chi connectivity index (χ4n) is 3.07. The number of fused-ring (bicyclic) bond motifs is 1. The molecule has 0 saturated carbocycles. The second-order valence-corrected chi connectivity index (χ2v) is 6.01. The summed E-state index contributed by atoms with van der Waals surface area (Å²) in [6.07, 6.45) is 2.36. The minimum Gasteiger partial charge on any atom is -0.377 e. The van der Waals surface area contributed by atoms with Crippen LogP contribution in [-0.2, 0) is 16.0 Å². The molecule has 0 aromatic carbocycles. The molecule has 0 N–H and O–H groups in total. The Morgan fingerprint density at radius 3 is 3.00 bits per heavy atom. The van der Waals surface area contributed by atoms with Gasteiger partial charge in [-0.3, -0.25) is 4.79 Å². The minimum atomic E-state index is 0.0553. The molecule has 1 aliphatic heterocycles. The SMILES string of the molecule is CCO[C@H]1CCCN(C(=O)Cc2nc3nc(C)cc(C)n3n2)C1. The molecular formula is C16H23N5O2. The summed E-state index contributed by atoms with van der Waals surface area (Å²) in [6, 6.07) is 1.95. The van der Waals surface area contributed by atoms with Crippen LogP contribution in [0.3, 0.4) is 0 Å². The summed E-state index contributed by atoms with van der Waals surface area (Å²) in [5, 5.41) is 4.41. The number of rotatable bonds is 4. The molecule has 23 heavy (non-hydrogen) atoms. The minimum absolute atomic E-state index is 0.0553. The van der Waals surface area contributed by atoms with E-state index in [2.05, 4.69) is 15.1 Å². The molecule has 7 nitrogen and oxygen atoms in total. The van der Waals surface area contributed by atoms with Crippen molar-refractivity contribution in [2.75, 3.05) is 19.7 Å². The van der Waals surface area contributed by atoms with E-state index in [4.69, 9.17) is 4.74 Å². The molecule has 1 atom stereocenters. The van der Waals surface area contributed by atoms with Gasteiger partial charge in [-0.25, -0.2) is 9.50 Å². The molecule has 0 unspecified atom stereocenters. The molecule has 3 heterocycles. The topological polar surface area (TPSA) is 72.6 Å². The number of ether oxygens (including phenoxy) is 1. The first-order valence-electron chi connectivity index (χ1n) is 8.16. The van der Waals surface area contributed by atoms with E-state index in [9.17, 15) is 4.79 Å². The number of hydrogen-bond donors (Lipinski definition) is 0. The Morgan fingerprint density at radius 1 is 1.39 bits per heavy atom. The zero-order valence-electron chi connectivity index (χ0n) is 13.9. The lowest BCUT2D eigenvalue weighted by Gasteiger charge is -2.32. The molecule has 2 aromatic rings. The van der Waals surface area contributed by atoms with Gasteiger partial charge in [0.15, 0.2) is 5.82 Å². The summed E-state index contributed by atoms with van der Waals surface area (Å²) in [5.74, 6) is 1.13.